The summed E-state index contributed by atoms with van der Waals surface area (Å²) < 4.78 is 5.84. The maximum atomic E-state index is 11.4. The Morgan fingerprint density at radius 2 is 2.00 bits per heavy atom. The molecule has 1 rings (SSSR count). The summed E-state index contributed by atoms with van der Waals surface area (Å²) in [5.74, 6) is 0.593. The van der Waals surface area contributed by atoms with Gasteiger partial charge in [0.05, 0.1) is 12.1 Å². The van der Waals surface area contributed by atoms with E-state index in [9.17, 15) is 4.79 Å². The molecule has 0 fully saturated rings. The lowest BCUT2D eigenvalue weighted by atomic mass is 9.95. The average molecular weight is 278 g/mol. The van der Waals surface area contributed by atoms with Gasteiger partial charge in [0, 0.05) is 0 Å². The van der Waals surface area contributed by atoms with Crippen LogP contribution in [-0.2, 0) is 4.79 Å². The number of amides is 1. The van der Waals surface area contributed by atoms with Gasteiger partial charge in [0.15, 0.2) is 0 Å². The molecule has 4 nitrogen and oxygen atoms in total. The van der Waals surface area contributed by atoms with Crippen molar-refractivity contribution < 1.29 is 9.53 Å². The Balaban J connectivity index is 2.56. The summed E-state index contributed by atoms with van der Waals surface area (Å²) in [6.07, 6.45) is 1.43. The van der Waals surface area contributed by atoms with Crippen LogP contribution in [0.1, 0.15) is 36.5 Å². The van der Waals surface area contributed by atoms with Gasteiger partial charge in [-0.25, -0.2) is 0 Å². The van der Waals surface area contributed by atoms with Crippen LogP contribution in [0.2, 0.25) is 0 Å². The molecule has 0 aromatic heterocycles. The van der Waals surface area contributed by atoms with E-state index in [4.69, 9.17) is 10.5 Å². The Kier molecular flexibility index (Phi) is 5.57. The van der Waals surface area contributed by atoms with Crippen LogP contribution in [0.4, 0.5) is 0 Å². The van der Waals surface area contributed by atoms with Gasteiger partial charge in [0.2, 0.25) is 5.91 Å². The first-order chi connectivity index (χ1) is 9.30. The fourth-order valence-corrected chi connectivity index (χ4v) is 2.13. The van der Waals surface area contributed by atoms with Crippen molar-refractivity contribution in [2.24, 2.45) is 5.73 Å². The molecule has 1 atom stereocenters. The van der Waals surface area contributed by atoms with Crippen molar-refractivity contribution in [1.29, 1.82) is 0 Å². The summed E-state index contributed by atoms with van der Waals surface area (Å²) in [7, 11) is 1.75. The molecule has 0 saturated carbocycles. The van der Waals surface area contributed by atoms with E-state index in [1.54, 1.807) is 7.05 Å². The molecular weight excluding hydrogens is 252 g/mol. The monoisotopic (exact) mass is 278 g/mol. The van der Waals surface area contributed by atoms with Gasteiger partial charge in [-0.05, 0) is 70.3 Å². The van der Waals surface area contributed by atoms with Crippen LogP contribution < -0.4 is 15.8 Å². The zero-order valence-corrected chi connectivity index (χ0v) is 13.2. The predicted octanol–water partition coefficient (Wildman–Crippen LogP) is 2.23. The third-order valence-electron chi connectivity index (χ3n) is 3.94. The van der Waals surface area contributed by atoms with Crippen LogP contribution in [-0.4, -0.2) is 25.1 Å². The van der Waals surface area contributed by atoms with E-state index in [0.29, 0.717) is 13.0 Å². The molecule has 112 valence electrons. The molecule has 0 bridgehead atoms. The fourth-order valence-electron chi connectivity index (χ4n) is 2.13. The molecule has 0 aliphatic heterocycles. The molecule has 0 spiro atoms. The van der Waals surface area contributed by atoms with Crippen LogP contribution in [0.3, 0.4) is 0 Å². The summed E-state index contributed by atoms with van der Waals surface area (Å²) in [5, 5.41) is 2.98. The van der Waals surface area contributed by atoms with Crippen LogP contribution in [0.5, 0.6) is 5.75 Å². The number of hydrogen-bond donors (Lipinski definition) is 2. The molecule has 0 radical (unpaired) electrons. The van der Waals surface area contributed by atoms with E-state index in [0.717, 1.165) is 12.2 Å². The molecule has 1 amide bonds. The molecule has 0 aliphatic carbocycles. The molecule has 0 aliphatic rings. The number of hydrogen-bond acceptors (Lipinski definition) is 3. The van der Waals surface area contributed by atoms with Crippen molar-refractivity contribution >= 4 is 5.91 Å². The molecule has 1 aromatic rings. The highest BCUT2D eigenvalue weighted by molar-refractivity contribution is 5.84. The van der Waals surface area contributed by atoms with Gasteiger partial charge in [0.1, 0.15) is 5.75 Å². The molecule has 1 unspecified atom stereocenters. The van der Waals surface area contributed by atoms with Crippen LogP contribution in [0.25, 0.3) is 0 Å². The average Bonchev–Trinajstić information content (AvgIpc) is 2.39. The van der Waals surface area contributed by atoms with Gasteiger partial charge in [-0.2, -0.15) is 0 Å². The Labute approximate surface area is 121 Å². The maximum Gasteiger partial charge on any atom is 0.237 e. The van der Waals surface area contributed by atoms with Crippen molar-refractivity contribution in [1.82, 2.24) is 5.32 Å². The molecule has 0 heterocycles. The SMILES string of the molecule is CNC(C)(CCCOc1cc(C)cc(C)c1C)C(N)=O. The van der Waals surface area contributed by atoms with E-state index < -0.39 is 5.54 Å². The first kappa shape index (κ1) is 16.5. The number of carbonyl (C=O) groups is 1. The topological polar surface area (TPSA) is 64.3 Å². The molecule has 0 saturated heterocycles. The standard InChI is InChI=1S/C16H26N2O2/c1-11-9-12(2)13(3)14(10-11)20-8-6-7-16(4,18-5)15(17)19/h9-10,18H,6-8H2,1-5H3,(H2,17,19). The van der Waals surface area contributed by atoms with Gasteiger partial charge in [-0.3, -0.25) is 4.79 Å². The Bertz CT molecular complexity index is 486. The number of nitrogens with two attached hydrogens (primary N) is 1. The lowest BCUT2D eigenvalue weighted by Crippen LogP contribution is -2.51. The number of carbonyl (C=O) groups excluding carboxylic acids is 1. The fraction of sp³-hybridized carbons (Fsp3) is 0.562. The van der Waals surface area contributed by atoms with Crippen molar-refractivity contribution in [3.63, 3.8) is 0 Å². The third kappa shape index (κ3) is 3.97. The van der Waals surface area contributed by atoms with Gasteiger partial charge < -0.3 is 15.8 Å². The van der Waals surface area contributed by atoms with E-state index in [2.05, 4.69) is 32.2 Å². The van der Waals surface area contributed by atoms with Crippen LogP contribution >= 0.6 is 0 Å². The van der Waals surface area contributed by atoms with Gasteiger partial charge >= 0.3 is 0 Å². The van der Waals surface area contributed by atoms with E-state index >= 15 is 0 Å². The normalized spacial score (nSPS) is 13.8. The molecule has 4 heteroatoms. The van der Waals surface area contributed by atoms with Crippen molar-refractivity contribution in [2.45, 2.75) is 46.1 Å². The first-order valence-corrected chi connectivity index (χ1v) is 6.99. The van der Waals surface area contributed by atoms with Crippen molar-refractivity contribution in [2.75, 3.05) is 13.7 Å². The Hall–Kier alpha value is -1.55. The maximum absolute atomic E-state index is 11.4. The van der Waals surface area contributed by atoms with E-state index in [1.807, 2.05) is 13.0 Å². The number of aryl methyl sites for hydroxylation is 2. The quantitative estimate of drug-likeness (QED) is 0.752. The highest BCUT2D eigenvalue weighted by atomic mass is 16.5. The van der Waals surface area contributed by atoms with Crippen molar-refractivity contribution in [3.8, 4) is 5.75 Å². The van der Waals surface area contributed by atoms with Crippen LogP contribution in [0.15, 0.2) is 12.1 Å². The van der Waals surface area contributed by atoms with Crippen molar-refractivity contribution in [3.05, 3.63) is 28.8 Å². The second kappa shape index (κ2) is 6.75. The Morgan fingerprint density at radius 1 is 1.35 bits per heavy atom. The minimum Gasteiger partial charge on any atom is -0.493 e. The van der Waals surface area contributed by atoms with E-state index in [-0.39, 0.29) is 5.91 Å². The molecule has 1 aromatic carbocycles. The molecule has 20 heavy (non-hydrogen) atoms. The summed E-state index contributed by atoms with van der Waals surface area (Å²) >= 11 is 0. The first-order valence-electron chi connectivity index (χ1n) is 6.99. The van der Waals surface area contributed by atoms with Gasteiger partial charge in [-0.15, -0.1) is 0 Å². The second-order valence-corrected chi connectivity index (χ2v) is 5.60. The third-order valence-corrected chi connectivity index (χ3v) is 3.94. The summed E-state index contributed by atoms with van der Waals surface area (Å²) in [5.41, 5.74) is 8.33. The highest BCUT2D eigenvalue weighted by Crippen LogP contribution is 2.23. The molecule has 3 N–H and O–H groups in total. The lowest BCUT2D eigenvalue weighted by Gasteiger charge is -2.25. The smallest absolute Gasteiger partial charge is 0.237 e. The lowest BCUT2D eigenvalue weighted by molar-refractivity contribution is -0.123. The number of likely N-dealkylation sites (N-methyl/N-ethyl adjacent to an activating group) is 1. The minimum atomic E-state index is -0.666. The van der Waals surface area contributed by atoms with Crippen LogP contribution in [0, 0.1) is 20.8 Å². The number of rotatable bonds is 7. The number of ether oxygens (including phenoxy) is 1. The second-order valence-electron chi connectivity index (χ2n) is 5.60. The summed E-state index contributed by atoms with van der Waals surface area (Å²) in [6, 6.07) is 4.20. The molecular formula is C16H26N2O2. The zero-order valence-electron chi connectivity index (χ0n) is 13.2. The summed E-state index contributed by atoms with van der Waals surface area (Å²) in [6.45, 7) is 8.60. The summed E-state index contributed by atoms with van der Waals surface area (Å²) in [4.78, 5) is 11.4. The number of primary amides is 1. The van der Waals surface area contributed by atoms with E-state index in [1.165, 1.54) is 16.7 Å². The van der Waals surface area contributed by atoms with Gasteiger partial charge in [0.25, 0.3) is 0 Å². The zero-order chi connectivity index (χ0) is 15.3. The number of benzene rings is 1. The number of nitrogens with one attached hydrogen (secondary N) is 1. The minimum absolute atomic E-state index is 0.331. The largest absolute Gasteiger partial charge is 0.493 e. The van der Waals surface area contributed by atoms with Gasteiger partial charge in [-0.1, -0.05) is 6.07 Å². The highest BCUT2D eigenvalue weighted by Gasteiger charge is 2.28. The predicted molar refractivity (Wildman–Crippen MR) is 82.0 cm³/mol. The Morgan fingerprint density at radius 3 is 2.55 bits per heavy atom.